The Morgan fingerprint density at radius 2 is 1.62 bits per heavy atom. The van der Waals surface area contributed by atoms with Crippen LogP contribution in [0.15, 0.2) is 84.9 Å². The molecule has 1 aliphatic heterocycles. The fourth-order valence-corrected chi connectivity index (χ4v) is 4.33. The summed E-state index contributed by atoms with van der Waals surface area (Å²) < 4.78 is 5.67. The van der Waals surface area contributed by atoms with Crippen molar-refractivity contribution in [1.29, 1.82) is 0 Å². The topological polar surface area (TPSA) is 58.6 Å². The lowest BCUT2D eigenvalue weighted by Crippen LogP contribution is -2.45. The van der Waals surface area contributed by atoms with Crippen molar-refractivity contribution < 1.29 is 14.3 Å². The van der Waals surface area contributed by atoms with Gasteiger partial charge in [-0.2, -0.15) is 0 Å². The third kappa shape index (κ3) is 6.46. The lowest BCUT2D eigenvalue weighted by Gasteiger charge is -2.32. The van der Waals surface area contributed by atoms with E-state index in [0.29, 0.717) is 18.1 Å². The fraction of sp³-hybridized carbons (Fsp3) is 0.286. The molecule has 0 saturated carbocycles. The van der Waals surface area contributed by atoms with E-state index in [-0.39, 0.29) is 24.3 Å². The number of carbonyl (C=O) groups is 2. The van der Waals surface area contributed by atoms with Gasteiger partial charge in [0, 0.05) is 24.7 Å². The zero-order valence-electron chi connectivity index (χ0n) is 19.0. The van der Waals surface area contributed by atoms with Crippen LogP contribution in [-0.4, -0.2) is 36.0 Å². The average molecular weight is 477 g/mol. The molecule has 1 heterocycles. The molecule has 0 aliphatic carbocycles. The minimum atomic E-state index is -0.761. The van der Waals surface area contributed by atoms with E-state index in [2.05, 4.69) is 5.32 Å². The van der Waals surface area contributed by atoms with Crippen molar-refractivity contribution in [3.05, 3.63) is 107 Å². The molecule has 0 spiro atoms. The van der Waals surface area contributed by atoms with Gasteiger partial charge in [-0.3, -0.25) is 9.59 Å². The highest BCUT2D eigenvalue weighted by molar-refractivity contribution is 6.30. The highest BCUT2D eigenvalue weighted by atomic mass is 35.5. The van der Waals surface area contributed by atoms with Crippen molar-refractivity contribution in [2.24, 2.45) is 0 Å². The number of rotatable bonds is 9. The largest absolute Gasteiger partial charge is 0.376 e. The molecule has 176 valence electrons. The Bertz CT molecular complexity index is 1070. The Morgan fingerprint density at radius 1 is 0.941 bits per heavy atom. The molecule has 3 aromatic carbocycles. The Kier molecular flexibility index (Phi) is 8.34. The van der Waals surface area contributed by atoms with Crippen molar-refractivity contribution >= 4 is 23.4 Å². The number of nitrogens with one attached hydrogen (secondary N) is 1. The first-order valence-corrected chi connectivity index (χ1v) is 12.0. The van der Waals surface area contributed by atoms with Crippen LogP contribution in [-0.2, 0) is 27.3 Å². The summed E-state index contributed by atoms with van der Waals surface area (Å²) in [6.45, 7) is 1.48. The summed E-state index contributed by atoms with van der Waals surface area (Å²) in [7, 11) is 0. The van der Waals surface area contributed by atoms with Crippen LogP contribution in [0.2, 0.25) is 5.02 Å². The van der Waals surface area contributed by atoms with Crippen molar-refractivity contribution in [3.63, 3.8) is 0 Å². The number of benzene rings is 3. The van der Waals surface area contributed by atoms with Gasteiger partial charge in [0.15, 0.2) is 0 Å². The molecule has 2 amide bonds. The Hall–Kier alpha value is -3.15. The third-order valence-electron chi connectivity index (χ3n) is 5.99. The molecule has 0 unspecified atom stereocenters. The van der Waals surface area contributed by atoms with Crippen molar-refractivity contribution in [2.45, 2.75) is 38.0 Å². The van der Waals surface area contributed by atoms with Crippen LogP contribution in [0, 0.1) is 0 Å². The van der Waals surface area contributed by atoms with Crippen molar-refractivity contribution in [1.82, 2.24) is 10.2 Å². The van der Waals surface area contributed by atoms with Crippen LogP contribution in [0.25, 0.3) is 0 Å². The van der Waals surface area contributed by atoms with Crippen LogP contribution in [0.5, 0.6) is 0 Å². The minimum Gasteiger partial charge on any atom is -0.376 e. The normalized spacial score (nSPS) is 16.1. The van der Waals surface area contributed by atoms with Crippen LogP contribution in [0.3, 0.4) is 0 Å². The lowest BCUT2D eigenvalue weighted by atomic mass is 10.0. The second-order valence-corrected chi connectivity index (χ2v) is 8.94. The third-order valence-corrected chi connectivity index (χ3v) is 6.24. The first-order chi connectivity index (χ1) is 16.6. The van der Waals surface area contributed by atoms with Crippen molar-refractivity contribution in [2.75, 3.05) is 13.2 Å². The molecule has 1 N–H and O–H groups in total. The number of amides is 2. The number of hydrogen-bond acceptors (Lipinski definition) is 3. The number of ether oxygens (including phenoxy) is 1. The van der Waals surface area contributed by atoms with Gasteiger partial charge < -0.3 is 15.0 Å². The number of nitrogens with zero attached hydrogens (tertiary/aromatic N) is 1. The van der Waals surface area contributed by atoms with E-state index in [4.69, 9.17) is 16.3 Å². The molecule has 34 heavy (non-hydrogen) atoms. The molecule has 2 atom stereocenters. The minimum absolute atomic E-state index is 0.0210. The average Bonchev–Trinajstić information content (AvgIpc) is 3.39. The maximum absolute atomic E-state index is 13.7. The summed E-state index contributed by atoms with van der Waals surface area (Å²) in [6.07, 6.45) is 2.13. The highest BCUT2D eigenvalue weighted by Gasteiger charge is 2.32. The van der Waals surface area contributed by atoms with E-state index >= 15 is 0 Å². The summed E-state index contributed by atoms with van der Waals surface area (Å²) in [5, 5.41) is 3.66. The summed E-state index contributed by atoms with van der Waals surface area (Å²) >= 11 is 6.02. The van der Waals surface area contributed by atoms with Gasteiger partial charge in [-0.1, -0.05) is 84.4 Å². The summed E-state index contributed by atoms with van der Waals surface area (Å²) in [6, 6.07) is 25.7. The molecule has 4 rings (SSSR count). The van der Waals surface area contributed by atoms with Gasteiger partial charge >= 0.3 is 0 Å². The second kappa shape index (κ2) is 11.8. The lowest BCUT2D eigenvalue weighted by molar-refractivity contribution is -0.141. The number of hydrogen-bond donors (Lipinski definition) is 1. The van der Waals surface area contributed by atoms with Gasteiger partial charge in [0.1, 0.15) is 6.04 Å². The molecule has 0 radical (unpaired) electrons. The Balaban J connectivity index is 1.63. The molecule has 6 heteroatoms. The van der Waals surface area contributed by atoms with E-state index in [9.17, 15) is 9.59 Å². The molecule has 0 aromatic heterocycles. The SMILES string of the molecule is O=C(NC[C@H]1CCCO1)[C@H](c1ccccc1)N(Cc1ccccc1)C(=O)Cc1ccc(Cl)cc1. The van der Waals surface area contributed by atoms with Crippen LogP contribution in [0.1, 0.15) is 35.6 Å². The standard InChI is InChI=1S/C28H29ClN2O3/c29-24-15-13-21(14-16-24)18-26(32)31(20-22-8-3-1-4-9-22)27(23-10-5-2-6-11-23)28(33)30-19-25-12-7-17-34-25/h1-6,8-11,13-16,25,27H,7,12,17-20H2,(H,30,33)/t25-,27+/m1/s1. The van der Waals surface area contributed by atoms with E-state index < -0.39 is 6.04 Å². The number of carbonyl (C=O) groups excluding carboxylic acids is 2. The Morgan fingerprint density at radius 3 is 2.26 bits per heavy atom. The molecule has 3 aromatic rings. The second-order valence-electron chi connectivity index (χ2n) is 8.50. The molecule has 1 aliphatic rings. The summed E-state index contributed by atoms with van der Waals surface area (Å²) in [4.78, 5) is 28.9. The fourth-order valence-electron chi connectivity index (χ4n) is 4.21. The van der Waals surface area contributed by atoms with Gasteiger partial charge in [0.05, 0.1) is 12.5 Å². The molecule has 1 saturated heterocycles. The Labute approximate surface area is 205 Å². The first-order valence-electron chi connectivity index (χ1n) is 11.6. The zero-order chi connectivity index (χ0) is 23.8. The van der Waals surface area contributed by atoms with Gasteiger partial charge in [0.2, 0.25) is 11.8 Å². The first kappa shape index (κ1) is 24.0. The van der Waals surface area contributed by atoms with E-state index in [1.54, 1.807) is 17.0 Å². The van der Waals surface area contributed by atoms with Crippen LogP contribution >= 0.6 is 11.6 Å². The molecule has 0 bridgehead atoms. The smallest absolute Gasteiger partial charge is 0.247 e. The van der Waals surface area contributed by atoms with Gasteiger partial charge in [-0.05, 0) is 41.7 Å². The summed E-state index contributed by atoms with van der Waals surface area (Å²) in [5.41, 5.74) is 2.58. The van der Waals surface area contributed by atoms with Gasteiger partial charge in [-0.25, -0.2) is 0 Å². The quantitative estimate of drug-likeness (QED) is 0.475. The van der Waals surface area contributed by atoms with Crippen LogP contribution in [0.4, 0.5) is 0 Å². The van der Waals surface area contributed by atoms with Gasteiger partial charge in [-0.15, -0.1) is 0 Å². The molecular formula is C28H29ClN2O3. The maximum atomic E-state index is 13.7. The predicted octanol–water partition coefficient (Wildman–Crippen LogP) is 4.95. The predicted molar refractivity (Wildman–Crippen MR) is 133 cm³/mol. The molecule has 1 fully saturated rings. The van der Waals surface area contributed by atoms with E-state index in [1.807, 2.05) is 72.8 Å². The maximum Gasteiger partial charge on any atom is 0.247 e. The molecular weight excluding hydrogens is 448 g/mol. The highest BCUT2D eigenvalue weighted by Crippen LogP contribution is 2.25. The number of halogens is 1. The monoisotopic (exact) mass is 476 g/mol. The van der Waals surface area contributed by atoms with Crippen molar-refractivity contribution in [3.8, 4) is 0 Å². The molecule has 5 nitrogen and oxygen atoms in total. The zero-order valence-corrected chi connectivity index (χ0v) is 19.8. The van der Waals surface area contributed by atoms with E-state index in [0.717, 1.165) is 36.1 Å². The summed E-state index contributed by atoms with van der Waals surface area (Å²) in [5.74, 6) is -0.339. The van der Waals surface area contributed by atoms with E-state index in [1.165, 1.54) is 0 Å². The van der Waals surface area contributed by atoms with Crippen LogP contribution < -0.4 is 5.32 Å². The van der Waals surface area contributed by atoms with Gasteiger partial charge in [0.25, 0.3) is 0 Å².